The zero-order valence-electron chi connectivity index (χ0n) is 11.4. The molecule has 1 aliphatic carbocycles. The molecule has 0 saturated carbocycles. The van der Waals surface area contributed by atoms with E-state index in [1.54, 1.807) is 0 Å². The fourth-order valence-corrected chi connectivity index (χ4v) is 3.39. The Bertz CT molecular complexity index is 639. The monoisotopic (exact) mass is 266 g/mol. The molecule has 0 aliphatic heterocycles. The molecule has 0 fully saturated rings. The van der Waals surface area contributed by atoms with Crippen LogP contribution in [0.1, 0.15) is 30.2 Å². The number of aryl methyl sites for hydroxylation is 1. The molecule has 1 aromatic heterocycles. The number of allylic oxidation sites excluding steroid dienone is 4. The van der Waals surface area contributed by atoms with Crippen molar-refractivity contribution in [2.24, 2.45) is 0 Å². The minimum Gasteiger partial charge on any atom is -0.136 e. The quantitative estimate of drug-likeness (QED) is 0.640. The lowest BCUT2D eigenvalue weighted by Gasteiger charge is -2.10. The van der Waals surface area contributed by atoms with E-state index >= 15 is 0 Å². The van der Waals surface area contributed by atoms with Gasteiger partial charge in [0, 0.05) is 9.75 Å². The minimum absolute atomic E-state index is 1.18. The third-order valence-electron chi connectivity index (χ3n) is 3.62. The Hall–Kier alpha value is -1.60. The highest BCUT2D eigenvalue weighted by atomic mass is 32.1. The Labute approximate surface area is 119 Å². The molecule has 0 amide bonds. The summed E-state index contributed by atoms with van der Waals surface area (Å²) >= 11 is 1.90. The van der Waals surface area contributed by atoms with Crippen molar-refractivity contribution in [3.05, 3.63) is 64.6 Å². The molecule has 2 aromatic rings. The molecular formula is C18H18S. The molecule has 0 atom stereocenters. The topological polar surface area (TPSA) is 0 Å². The van der Waals surface area contributed by atoms with Crippen molar-refractivity contribution in [3.63, 3.8) is 0 Å². The first-order valence-electron chi connectivity index (χ1n) is 6.76. The Kier molecular flexibility index (Phi) is 3.39. The van der Waals surface area contributed by atoms with Crippen molar-refractivity contribution in [1.29, 1.82) is 0 Å². The van der Waals surface area contributed by atoms with Crippen LogP contribution in [-0.4, -0.2) is 0 Å². The van der Waals surface area contributed by atoms with Crippen molar-refractivity contribution < 1.29 is 0 Å². The van der Waals surface area contributed by atoms with E-state index in [9.17, 15) is 0 Å². The smallest absolute Gasteiger partial charge is 0.0349 e. The summed E-state index contributed by atoms with van der Waals surface area (Å²) in [6.07, 6.45) is 6.91. The second-order valence-electron chi connectivity index (χ2n) is 5.23. The maximum Gasteiger partial charge on any atom is 0.0349 e. The number of thiophene rings is 1. The van der Waals surface area contributed by atoms with Gasteiger partial charge in [0.25, 0.3) is 0 Å². The lowest BCUT2D eigenvalue weighted by molar-refractivity contribution is 0.980. The molecule has 96 valence electrons. The van der Waals surface area contributed by atoms with Crippen molar-refractivity contribution in [1.82, 2.24) is 0 Å². The highest BCUT2D eigenvalue weighted by Crippen LogP contribution is 2.35. The average Bonchev–Trinajstić information content (AvgIpc) is 2.90. The lowest BCUT2D eigenvalue weighted by atomic mass is 9.98. The summed E-state index contributed by atoms with van der Waals surface area (Å²) in [5.74, 6) is 0. The molecule has 0 nitrogen and oxygen atoms in total. The van der Waals surface area contributed by atoms with Crippen molar-refractivity contribution in [2.75, 3.05) is 0 Å². The van der Waals surface area contributed by atoms with Gasteiger partial charge in [-0.1, -0.05) is 47.6 Å². The molecule has 3 rings (SSSR count). The molecule has 0 spiro atoms. The Morgan fingerprint density at radius 1 is 0.789 bits per heavy atom. The molecule has 19 heavy (non-hydrogen) atoms. The van der Waals surface area contributed by atoms with Gasteiger partial charge in [0.2, 0.25) is 0 Å². The molecule has 0 bridgehead atoms. The first-order valence-corrected chi connectivity index (χ1v) is 7.57. The van der Waals surface area contributed by atoms with Crippen LogP contribution in [0.4, 0.5) is 0 Å². The third-order valence-corrected chi connectivity index (χ3v) is 4.83. The van der Waals surface area contributed by atoms with Gasteiger partial charge in [0.05, 0.1) is 0 Å². The van der Waals surface area contributed by atoms with Gasteiger partial charge in [-0.05, 0) is 50.0 Å². The highest BCUT2D eigenvalue weighted by Gasteiger charge is 2.09. The summed E-state index contributed by atoms with van der Waals surface area (Å²) in [7, 11) is 0. The summed E-state index contributed by atoms with van der Waals surface area (Å²) in [6.45, 7) is 4.34. The molecule has 0 unspecified atom stereocenters. The van der Waals surface area contributed by atoms with Crippen LogP contribution < -0.4 is 0 Å². The Morgan fingerprint density at radius 2 is 1.53 bits per heavy atom. The van der Waals surface area contributed by atoms with E-state index in [0.717, 1.165) is 0 Å². The molecule has 0 radical (unpaired) electrons. The first-order chi connectivity index (χ1) is 9.22. The van der Waals surface area contributed by atoms with E-state index < -0.39 is 0 Å². The molecule has 1 aliphatic rings. The van der Waals surface area contributed by atoms with E-state index in [4.69, 9.17) is 0 Å². The van der Waals surface area contributed by atoms with Crippen LogP contribution in [0.25, 0.3) is 16.0 Å². The van der Waals surface area contributed by atoms with Gasteiger partial charge in [0.1, 0.15) is 0 Å². The van der Waals surface area contributed by atoms with Gasteiger partial charge in [-0.15, -0.1) is 11.3 Å². The summed E-state index contributed by atoms with van der Waals surface area (Å²) in [5.41, 5.74) is 5.61. The predicted molar refractivity (Wildman–Crippen MR) is 85.5 cm³/mol. The van der Waals surface area contributed by atoms with E-state index in [0.29, 0.717) is 0 Å². The van der Waals surface area contributed by atoms with E-state index in [-0.39, 0.29) is 0 Å². The van der Waals surface area contributed by atoms with Crippen LogP contribution in [0, 0.1) is 6.92 Å². The SMILES string of the molecule is CC1=CC=C(c2ccc(-c3ccc(C)cc3)s2)CC1. The standard InChI is InChI=1S/C18H18S/c1-13-3-7-15(8-4-13)17-11-12-18(19-17)16-9-5-14(2)6-10-16/h3-5,7-9,11-12H,6,10H2,1-2H3. The first kappa shape index (κ1) is 12.4. The second-order valence-corrected chi connectivity index (χ2v) is 6.32. The van der Waals surface area contributed by atoms with E-state index in [1.165, 1.54) is 44.9 Å². The van der Waals surface area contributed by atoms with Crippen molar-refractivity contribution in [2.45, 2.75) is 26.7 Å². The average molecular weight is 266 g/mol. The van der Waals surface area contributed by atoms with Gasteiger partial charge < -0.3 is 0 Å². The summed E-state index contributed by atoms with van der Waals surface area (Å²) in [6, 6.07) is 13.3. The van der Waals surface area contributed by atoms with Crippen LogP contribution in [-0.2, 0) is 0 Å². The second kappa shape index (κ2) is 5.18. The van der Waals surface area contributed by atoms with Crippen molar-refractivity contribution in [3.8, 4) is 10.4 Å². The fourth-order valence-electron chi connectivity index (χ4n) is 2.33. The maximum absolute atomic E-state index is 2.28. The summed E-state index contributed by atoms with van der Waals surface area (Å²) in [5, 5.41) is 0. The van der Waals surface area contributed by atoms with Crippen LogP contribution in [0.3, 0.4) is 0 Å². The molecule has 1 heteroatoms. The molecule has 1 aromatic carbocycles. The lowest BCUT2D eigenvalue weighted by Crippen LogP contribution is -1.88. The van der Waals surface area contributed by atoms with Crippen LogP contribution >= 0.6 is 11.3 Å². The Balaban J connectivity index is 1.89. The van der Waals surface area contributed by atoms with Crippen LogP contribution in [0.15, 0.2) is 54.1 Å². The summed E-state index contributed by atoms with van der Waals surface area (Å²) < 4.78 is 0. The van der Waals surface area contributed by atoms with Crippen molar-refractivity contribution >= 4 is 16.9 Å². The zero-order chi connectivity index (χ0) is 13.2. The maximum atomic E-state index is 2.28. The zero-order valence-corrected chi connectivity index (χ0v) is 12.3. The molecular weight excluding hydrogens is 248 g/mol. The Morgan fingerprint density at radius 3 is 2.21 bits per heavy atom. The third kappa shape index (κ3) is 2.71. The van der Waals surface area contributed by atoms with Crippen LogP contribution in [0.5, 0.6) is 0 Å². The normalized spacial score (nSPS) is 15.1. The molecule has 1 heterocycles. The number of benzene rings is 1. The van der Waals surface area contributed by atoms with Gasteiger partial charge in [0.15, 0.2) is 0 Å². The predicted octanol–water partition coefficient (Wildman–Crippen LogP) is 5.85. The van der Waals surface area contributed by atoms with Gasteiger partial charge in [-0.3, -0.25) is 0 Å². The van der Waals surface area contributed by atoms with Gasteiger partial charge in [-0.2, -0.15) is 0 Å². The number of rotatable bonds is 2. The minimum atomic E-state index is 1.18. The van der Waals surface area contributed by atoms with E-state index in [2.05, 4.69) is 62.4 Å². The summed E-state index contributed by atoms with van der Waals surface area (Å²) in [4.78, 5) is 2.78. The largest absolute Gasteiger partial charge is 0.136 e. The van der Waals surface area contributed by atoms with Gasteiger partial charge in [-0.25, -0.2) is 0 Å². The highest BCUT2D eigenvalue weighted by molar-refractivity contribution is 7.16. The van der Waals surface area contributed by atoms with E-state index in [1.807, 2.05) is 11.3 Å². The molecule has 0 N–H and O–H groups in total. The van der Waals surface area contributed by atoms with Crippen LogP contribution in [0.2, 0.25) is 0 Å². The molecule has 0 saturated heterocycles. The fraction of sp³-hybridized carbons (Fsp3) is 0.222. The number of hydrogen-bond acceptors (Lipinski definition) is 1. The number of hydrogen-bond donors (Lipinski definition) is 0. The van der Waals surface area contributed by atoms with Gasteiger partial charge >= 0.3 is 0 Å².